The van der Waals surface area contributed by atoms with E-state index in [0.29, 0.717) is 23.0 Å². The van der Waals surface area contributed by atoms with E-state index in [9.17, 15) is 10.2 Å². The van der Waals surface area contributed by atoms with Crippen molar-refractivity contribution in [1.82, 2.24) is 19.5 Å². The SMILES string of the molecule is O[C@@H]1[C@@H]2C[C@@H]2C(n2cnc3c(NC(C4CC4)C4CC4)nc(Cl)nc32)[C@@H]1O. The van der Waals surface area contributed by atoms with Gasteiger partial charge < -0.3 is 20.1 Å². The van der Waals surface area contributed by atoms with Crippen molar-refractivity contribution in [2.45, 2.75) is 56.4 Å². The van der Waals surface area contributed by atoms with E-state index in [2.05, 4.69) is 20.3 Å². The molecule has 0 spiro atoms. The maximum Gasteiger partial charge on any atom is 0.226 e. The molecule has 0 bridgehead atoms. The molecule has 4 saturated carbocycles. The summed E-state index contributed by atoms with van der Waals surface area (Å²) >= 11 is 6.23. The summed E-state index contributed by atoms with van der Waals surface area (Å²) in [4.78, 5) is 13.4. The molecule has 3 N–H and O–H groups in total. The summed E-state index contributed by atoms with van der Waals surface area (Å²) < 4.78 is 1.89. The zero-order chi connectivity index (χ0) is 17.6. The number of rotatable bonds is 5. The number of aliphatic hydroxyl groups excluding tert-OH is 2. The van der Waals surface area contributed by atoms with Crippen LogP contribution < -0.4 is 5.32 Å². The summed E-state index contributed by atoms with van der Waals surface area (Å²) in [6, 6.07) is 0.252. The second-order valence-electron chi connectivity index (χ2n) is 8.55. The molecule has 8 heteroatoms. The standard InChI is InChI=1S/C18H22ClN5O2/c19-18-22-16(21-11(7-1-2-7)8-3-4-8)12-17(23-18)24(6-20-12)13-9-5-10(9)14(25)15(13)26/h6-11,13-15,25-26H,1-5H2,(H,21,22,23)/t9-,10+,13?,14+,15-/m0/s1. The van der Waals surface area contributed by atoms with Gasteiger partial charge in [0.15, 0.2) is 17.0 Å². The van der Waals surface area contributed by atoms with Crippen LogP contribution in [-0.2, 0) is 0 Å². The highest BCUT2D eigenvalue weighted by Crippen LogP contribution is 2.58. The normalized spacial score (nSPS) is 35.9. The Balaban J connectivity index is 1.39. The van der Waals surface area contributed by atoms with Crippen LogP contribution in [0.5, 0.6) is 0 Å². The summed E-state index contributed by atoms with van der Waals surface area (Å²) in [5.74, 6) is 2.63. The van der Waals surface area contributed by atoms with Crippen molar-refractivity contribution in [2.75, 3.05) is 5.32 Å². The molecule has 0 radical (unpaired) electrons. The number of aliphatic hydroxyl groups is 2. The Labute approximate surface area is 155 Å². The van der Waals surface area contributed by atoms with Crippen molar-refractivity contribution >= 4 is 28.6 Å². The third kappa shape index (κ3) is 2.30. The van der Waals surface area contributed by atoms with Gasteiger partial charge in [-0.2, -0.15) is 9.97 Å². The molecule has 4 fully saturated rings. The molecule has 138 valence electrons. The summed E-state index contributed by atoms with van der Waals surface area (Å²) in [5, 5.41) is 24.4. The molecule has 0 aromatic carbocycles. The highest BCUT2D eigenvalue weighted by Gasteiger charge is 2.60. The molecule has 2 aromatic heterocycles. The number of anilines is 1. The number of nitrogens with zero attached hydrogens (tertiary/aromatic N) is 4. The molecule has 0 amide bonds. The molecule has 4 aliphatic carbocycles. The maximum atomic E-state index is 10.4. The number of halogens is 1. The van der Waals surface area contributed by atoms with Gasteiger partial charge in [-0.3, -0.25) is 0 Å². The van der Waals surface area contributed by atoms with Crippen molar-refractivity contribution in [3.05, 3.63) is 11.6 Å². The lowest BCUT2D eigenvalue weighted by Gasteiger charge is -2.22. The van der Waals surface area contributed by atoms with Gasteiger partial charge >= 0.3 is 0 Å². The molecule has 26 heavy (non-hydrogen) atoms. The third-order valence-corrected chi connectivity index (χ3v) is 6.92. The molecule has 1 unspecified atom stereocenters. The predicted molar refractivity (Wildman–Crippen MR) is 95.8 cm³/mol. The Morgan fingerprint density at radius 1 is 1.08 bits per heavy atom. The lowest BCUT2D eigenvalue weighted by molar-refractivity contribution is 0.00386. The first-order valence-corrected chi connectivity index (χ1v) is 10.0. The van der Waals surface area contributed by atoms with Crippen LogP contribution in [0.15, 0.2) is 6.33 Å². The quantitative estimate of drug-likeness (QED) is 0.692. The van der Waals surface area contributed by atoms with Crippen molar-refractivity contribution < 1.29 is 10.2 Å². The average molecular weight is 376 g/mol. The van der Waals surface area contributed by atoms with Gasteiger partial charge in [-0.15, -0.1) is 0 Å². The van der Waals surface area contributed by atoms with Gasteiger partial charge in [0.25, 0.3) is 0 Å². The summed E-state index contributed by atoms with van der Waals surface area (Å²) in [6.07, 6.45) is 6.32. The van der Waals surface area contributed by atoms with E-state index in [-0.39, 0.29) is 23.2 Å². The lowest BCUT2D eigenvalue weighted by atomic mass is 10.1. The molecule has 6 rings (SSSR count). The van der Waals surface area contributed by atoms with Gasteiger partial charge in [-0.25, -0.2) is 4.98 Å². The van der Waals surface area contributed by atoms with Crippen LogP contribution in [0.2, 0.25) is 5.28 Å². The first-order chi connectivity index (χ1) is 12.6. The molecule has 2 aromatic rings. The second kappa shape index (κ2) is 5.30. The summed E-state index contributed by atoms with van der Waals surface area (Å²) in [6.45, 7) is 0. The van der Waals surface area contributed by atoms with Gasteiger partial charge in [-0.05, 0) is 67.4 Å². The topological polar surface area (TPSA) is 96.1 Å². The van der Waals surface area contributed by atoms with Gasteiger partial charge in [0.1, 0.15) is 6.10 Å². The number of imidazole rings is 1. The first-order valence-electron chi connectivity index (χ1n) is 9.64. The fourth-order valence-electron chi connectivity index (χ4n) is 5.00. The minimum Gasteiger partial charge on any atom is -0.390 e. The van der Waals surface area contributed by atoms with E-state index in [1.165, 1.54) is 25.7 Å². The summed E-state index contributed by atoms with van der Waals surface area (Å²) in [7, 11) is 0. The van der Waals surface area contributed by atoms with Crippen molar-refractivity contribution in [3.8, 4) is 0 Å². The van der Waals surface area contributed by atoms with E-state index in [1.54, 1.807) is 6.33 Å². The van der Waals surface area contributed by atoms with Crippen LogP contribution >= 0.6 is 11.6 Å². The van der Waals surface area contributed by atoms with E-state index >= 15 is 0 Å². The van der Waals surface area contributed by atoms with Gasteiger partial charge in [0, 0.05) is 6.04 Å². The van der Waals surface area contributed by atoms with Gasteiger partial charge in [0.05, 0.1) is 18.5 Å². The number of fused-ring (bicyclic) bond motifs is 2. The van der Waals surface area contributed by atoms with E-state index in [1.807, 2.05) is 4.57 Å². The fourth-order valence-corrected chi connectivity index (χ4v) is 5.16. The van der Waals surface area contributed by atoms with E-state index in [0.717, 1.165) is 18.3 Å². The Kier molecular flexibility index (Phi) is 3.18. The molecule has 4 aliphatic rings. The predicted octanol–water partition coefficient (Wildman–Crippen LogP) is 1.99. The first kappa shape index (κ1) is 15.6. The highest BCUT2D eigenvalue weighted by atomic mass is 35.5. The van der Waals surface area contributed by atoms with Crippen molar-refractivity contribution in [1.29, 1.82) is 0 Å². The highest BCUT2D eigenvalue weighted by molar-refractivity contribution is 6.28. The Morgan fingerprint density at radius 3 is 2.42 bits per heavy atom. The van der Waals surface area contributed by atoms with Crippen molar-refractivity contribution in [3.63, 3.8) is 0 Å². The van der Waals surface area contributed by atoms with Crippen molar-refractivity contribution in [2.24, 2.45) is 23.7 Å². The average Bonchev–Trinajstić information content (AvgIpc) is 3.50. The Hall–Kier alpha value is -1.44. The van der Waals surface area contributed by atoms with E-state index in [4.69, 9.17) is 11.6 Å². The molecule has 0 aliphatic heterocycles. The largest absolute Gasteiger partial charge is 0.390 e. The minimum absolute atomic E-state index is 0.187. The van der Waals surface area contributed by atoms with E-state index < -0.39 is 12.2 Å². The zero-order valence-corrected chi connectivity index (χ0v) is 15.0. The zero-order valence-electron chi connectivity index (χ0n) is 14.3. The minimum atomic E-state index is -0.785. The smallest absolute Gasteiger partial charge is 0.226 e. The van der Waals surface area contributed by atoms with Crippen LogP contribution in [0.25, 0.3) is 11.2 Å². The molecule has 7 nitrogen and oxygen atoms in total. The van der Waals surface area contributed by atoms with Crippen LogP contribution in [0.3, 0.4) is 0 Å². The molecule has 5 atom stereocenters. The van der Waals surface area contributed by atoms with Crippen LogP contribution in [0.1, 0.15) is 38.1 Å². The fraction of sp³-hybridized carbons (Fsp3) is 0.722. The third-order valence-electron chi connectivity index (χ3n) is 6.75. The number of hydrogen-bond acceptors (Lipinski definition) is 6. The second-order valence-corrected chi connectivity index (χ2v) is 8.88. The summed E-state index contributed by atoms with van der Waals surface area (Å²) in [5.41, 5.74) is 1.34. The Morgan fingerprint density at radius 2 is 1.81 bits per heavy atom. The van der Waals surface area contributed by atoms with Crippen LogP contribution in [0, 0.1) is 23.7 Å². The monoisotopic (exact) mass is 375 g/mol. The van der Waals surface area contributed by atoms with Gasteiger partial charge in [0.2, 0.25) is 5.28 Å². The lowest BCUT2D eigenvalue weighted by Crippen LogP contribution is -2.31. The van der Waals surface area contributed by atoms with Gasteiger partial charge in [-0.1, -0.05) is 0 Å². The Bertz CT molecular complexity index is 868. The van der Waals surface area contributed by atoms with Crippen LogP contribution in [-0.4, -0.2) is 48.0 Å². The maximum absolute atomic E-state index is 10.4. The molecular formula is C18H22ClN5O2. The molecule has 0 saturated heterocycles. The molecule has 2 heterocycles. The number of aromatic nitrogens is 4. The number of nitrogens with one attached hydrogen (secondary N) is 1. The van der Waals surface area contributed by atoms with Crippen LogP contribution in [0.4, 0.5) is 5.82 Å². The molecular weight excluding hydrogens is 354 g/mol. The number of hydrogen-bond donors (Lipinski definition) is 3.